The van der Waals surface area contributed by atoms with E-state index in [0.29, 0.717) is 17.9 Å². The number of nitrogens with zero attached hydrogens (tertiary/aromatic N) is 1. The number of hydrogen-bond acceptors (Lipinski definition) is 8. The first kappa shape index (κ1) is 27.4. The highest BCUT2D eigenvalue weighted by Crippen LogP contribution is 2.06. The zero-order chi connectivity index (χ0) is 24.3. The number of aromatic nitrogens is 2. The van der Waals surface area contributed by atoms with Crippen molar-refractivity contribution in [3.8, 4) is 0 Å². The molecule has 13 heteroatoms. The molecule has 32 heavy (non-hydrogen) atoms. The second kappa shape index (κ2) is 13.7. The third-order valence-electron chi connectivity index (χ3n) is 4.67. The van der Waals surface area contributed by atoms with Crippen LogP contribution in [0.3, 0.4) is 0 Å². The Morgan fingerprint density at radius 1 is 1.09 bits per heavy atom. The predicted octanol–water partition coefficient (Wildman–Crippen LogP) is -1.78. The van der Waals surface area contributed by atoms with Gasteiger partial charge in [-0.25, -0.2) is 9.78 Å². The van der Waals surface area contributed by atoms with E-state index in [1.807, 2.05) is 6.26 Å². The lowest BCUT2D eigenvalue weighted by atomic mass is 10.0. The lowest BCUT2D eigenvalue weighted by Gasteiger charge is -2.25. The van der Waals surface area contributed by atoms with E-state index < -0.39 is 54.5 Å². The maximum Gasteiger partial charge on any atom is 0.328 e. The van der Waals surface area contributed by atoms with E-state index in [0.717, 1.165) is 0 Å². The average Bonchev–Trinajstić information content (AvgIpc) is 3.26. The molecule has 12 nitrogen and oxygen atoms in total. The molecular formula is C19H32N6O6S. The summed E-state index contributed by atoms with van der Waals surface area (Å²) in [5, 5.41) is 25.7. The Kier molecular flexibility index (Phi) is 11.7. The van der Waals surface area contributed by atoms with Gasteiger partial charge in [0.2, 0.25) is 17.7 Å². The van der Waals surface area contributed by atoms with Crippen LogP contribution in [0.5, 0.6) is 0 Å². The fraction of sp³-hybridized carbons (Fsp3) is 0.632. The zero-order valence-corrected chi connectivity index (χ0v) is 19.1. The van der Waals surface area contributed by atoms with Crippen LogP contribution >= 0.6 is 11.8 Å². The Balaban J connectivity index is 3.00. The van der Waals surface area contributed by atoms with Gasteiger partial charge in [0, 0.05) is 18.3 Å². The van der Waals surface area contributed by atoms with Crippen LogP contribution in [0, 0.1) is 5.92 Å². The first-order valence-electron chi connectivity index (χ1n) is 10.1. The van der Waals surface area contributed by atoms with Gasteiger partial charge in [-0.3, -0.25) is 14.4 Å². The summed E-state index contributed by atoms with van der Waals surface area (Å²) in [6, 6.07) is -4.45. The fourth-order valence-corrected chi connectivity index (χ4v) is 3.10. The molecule has 4 atom stereocenters. The van der Waals surface area contributed by atoms with Crippen LogP contribution < -0.4 is 21.7 Å². The number of hydrogen-bond donors (Lipinski definition) is 7. The molecule has 1 aromatic rings. The summed E-state index contributed by atoms with van der Waals surface area (Å²) in [6.45, 7) is 2.75. The smallest absolute Gasteiger partial charge is 0.328 e. The highest BCUT2D eigenvalue weighted by atomic mass is 32.2. The summed E-state index contributed by atoms with van der Waals surface area (Å²) < 4.78 is 0. The van der Waals surface area contributed by atoms with Crippen molar-refractivity contribution >= 4 is 35.5 Å². The zero-order valence-electron chi connectivity index (χ0n) is 18.3. The third kappa shape index (κ3) is 8.85. The maximum absolute atomic E-state index is 13.0. The molecule has 0 aliphatic rings. The molecule has 0 bridgehead atoms. The number of rotatable bonds is 14. The first-order chi connectivity index (χ1) is 15.1. The van der Waals surface area contributed by atoms with Crippen molar-refractivity contribution in [2.24, 2.45) is 11.7 Å². The molecule has 1 aromatic heterocycles. The molecule has 1 rings (SSSR count). The Labute approximate surface area is 190 Å². The number of H-pyrrole nitrogens is 1. The van der Waals surface area contributed by atoms with Crippen molar-refractivity contribution in [3.05, 3.63) is 18.2 Å². The van der Waals surface area contributed by atoms with E-state index in [4.69, 9.17) is 10.8 Å². The van der Waals surface area contributed by atoms with Crippen molar-refractivity contribution < 1.29 is 29.4 Å². The van der Waals surface area contributed by atoms with Crippen LogP contribution in [0.4, 0.5) is 0 Å². The van der Waals surface area contributed by atoms with Gasteiger partial charge < -0.3 is 36.9 Å². The van der Waals surface area contributed by atoms with Crippen molar-refractivity contribution in [1.82, 2.24) is 25.9 Å². The number of nitrogens with two attached hydrogens (primary N) is 1. The molecule has 0 spiro atoms. The second-order valence-electron chi connectivity index (χ2n) is 7.54. The van der Waals surface area contributed by atoms with Gasteiger partial charge in [0.25, 0.3) is 0 Å². The van der Waals surface area contributed by atoms with Crippen LogP contribution in [-0.4, -0.2) is 86.7 Å². The topological polar surface area (TPSA) is 200 Å². The quantitative estimate of drug-likeness (QED) is 0.163. The number of aliphatic carboxylic acids is 1. The lowest BCUT2D eigenvalue weighted by Crippen LogP contribution is -2.58. The normalized spacial score (nSPS) is 14.8. The number of amides is 3. The molecular weight excluding hydrogens is 440 g/mol. The minimum Gasteiger partial charge on any atom is -0.480 e. The van der Waals surface area contributed by atoms with Gasteiger partial charge in [0.15, 0.2) is 0 Å². The van der Waals surface area contributed by atoms with Crippen molar-refractivity contribution in [3.63, 3.8) is 0 Å². The van der Waals surface area contributed by atoms with Gasteiger partial charge in [-0.1, -0.05) is 13.8 Å². The van der Waals surface area contributed by atoms with Crippen molar-refractivity contribution in [2.75, 3.05) is 18.6 Å². The van der Waals surface area contributed by atoms with Crippen molar-refractivity contribution in [2.45, 2.75) is 50.9 Å². The summed E-state index contributed by atoms with van der Waals surface area (Å²) in [7, 11) is 0. The Hall–Kier alpha value is -2.64. The lowest BCUT2D eigenvalue weighted by molar-refractivity contribution is -0.143. The van der Waals surface area contributed by atoms with E-state index >= 15 is 0 Å². The van der Waals surface area contributed by atoms with Gasteiger partial charge in [-0.2, -0.15) is 11.8 Å². The maximum atomic E-state index is 13.0. The number of carboxylic acids is 1. The predicted molar refractivity (Wildman–Crippen MR) is 119 cm³/mol. The van der Waals surface area contributed by atoms with E-state index in [9.17, 15) is 24.3 Å². The summed E-state index contributed by atoms with van der Waals surface area (Å²) in [4.78, 5) is 55.9. The van der Waals surface area contributed by atoms with Crippen LogP contribution in [0.1, 0.15) is 26.0 Å². The molecule has 0 radical (unpaired) electrons. The second-order valence-corrected chi connectivity index (χ2v) is 8.52. The number of aliphatic hydroxyl groups is 1. The molecule has 0 saturated carbocycles. The highest BCUT2D eigenvalue weighted by molar-refractivity contribution is 7.98. The van der Waals surface area contributed by atoms with Crippen LogP contribution in [0.25, 0.3) is 0 Å². The Bertz CT molecular complexity index is 759. The third-order valence-corrected chi connectivity index (χ3v) is 5.32. The number of nitrogens with one attached hydrogen (secondary N) is 4. The summed E-state index contributed by atoms with van der Waals surface area (Å²) >= 11 is 1.48. The molecule has 0 aromatic carbocycles. The van der Waals surface area contributed by atoms with Gasteiger partial charge in [-0.05, 0) is 24.3 Å². The van der Waals surface area contributed by atoms with Gasteiger partial charge in [-0.15, -0.1) is 0 Å². The molecule has 0 aliphatic heterocycles. The number of aliphatic hydroxyl groups excluding tert-OH is 1. The van der Waals surface area contributed by atoms with Gasteiger partial charge in [0.1, 0.15) is 18.1 Å². The standard InChI is InChI=1S/C19H32N6O6S/c1-10(2)15(20)18(29)23-12(4-5-32-3)16(27)24-13(6-11-7-21-9-22-11)17(28)25-14(8-26)19(30)31/h7,9-10,12-15,26H,4-6,8,20H2,1-3H3,(H,21,22)(H,23,29)(H,24,27)(H,25,28)(H,30,31). The highest BCUT2D eigenvalue weighted by Gasteiger charge is 2.30. The fourth-order valence-electron chi connectivity index (χ4n) is 2.63. The SMILES string of the molecule is CSCCC(NC(=O)C(N)C(C)C)C(=O)NC(Cc1cnc[nH]1)C(=O)NC(CO)C(=O)O. The Morgan fingerprint density at radius 2 is 1.69 bits per heavy atom. The number of imidazole rings is 1. The molecule has 180 valence electrons. The van der Waals surface area contributed by atoms with Gasteiger partial charge in [0.05, 0.1) is 19.0 Å². The molecule has 0 aliphatic carbocycles. The van der Waals surface area contributed by atoms with E-state index in [1.54, 1.807) is 13.8 Å². The monoisotopic (exact) mass is 472 g/mol. The molecule has 0 saturated heterocycles. The number of carboxylic acid groups (broad SMARTS) is 1. The number of aromatic amines is 1. The van der Waals surface area contributed by atoms with Crippen LogP contribution in [0.2, 0.25) is 0 Å². The van der Waals surface area contributed by atoms with E-state index in [1.165, 1.54) is 24.3 Å². The summed E-state index contributed by atoms with van der Waals surface area (Å²) in [5.41, 5.74) is 6.39. The first-order valence-corrected chi connectivity index (χ1v) is 11.5. The molecule has 0 fully saturated rings. The number of carbonyl (C=O) groups excluding carboxylic acids is 3. The van der Waals surface area contributed by atoms with Gasteiger partial charge >= 0.3 is 5.97 Å². The molecule has 8 N–H and O–H groups in total. The van der Waals surface area contributed by atoms with E-state index in [-0.39, 0.29) is 12.3 Å². The Morgan fingerprint density at radius 3 is 2.19 bits per heavy atom. The minimum absolute atomic E-state index is 0.00988. The molecule has 1 heterocycles. The molecule has 3 amide bonds. The van der Waals surface area contributed by atoms with Crippen molar-refractivity contribution in [1.29, 1.82) is 0 Å². The average molecular weight is 473 g/mol. The van der Waals surface area contributed by atoms with E-state index in [2.05, 4.69) is 25.9 Å². The summed E-state index contributed by atoms with van der Waals surface area (Å²) in [5.74, 6) is -2.88. The number of carbonyl (C=O) groups is 4. The van der Waals surface area contributed by atoms with Crippen LogP contribution in [0.15, 0.2) is 12.5 Å². The summed E-state index contributed by atoms with van der Waals surface area (Å²) in [6.07, 6.45) is 5.00. The van der Waals surface area contributed by atoms with Crippen LogP contribution in [-0.2, 0) is 25.6 Å². The molecule has 4 unspecified atom stereocenters. The number of thioether (sulfide) groups is 1. The largest absolute Gasteiger partial charge is 0.480 e. The minimum atomic E-state index is -1.53.